The molecule has 0 saturated heterocycles. The Labute approximate surface area is 156 Å². The summed E-state index contributed by atoms with van der Waals surface area (Å²) in [5.41, 5.74) is 2.45. The molecule has 140 valence electrons. The second kappa shape index (κ2) is 8.41. The van der Waals surface area contributed by atoms with Crippen LogP contribution in [0.1, 0.15) is 44.1 Å². The van der Waals surface area contributed by atoms with Crippen molar-refractivity contribution in [3.05, 3.63) is 59.9 Å². The fraction of sp³-hybridized carbons (Fsp3) is 0.476. The molecule has 3 rings (SSSR count). The monoisotopic (exact) mass is 354 g/mol. The molecular formula is C21H30N4O. The normalized spacial score (nSPS) is 17.8. The van der Waals surface area contributed by atoms with Gasteiger partial charge in [-0.1, -0.05) is 44.2 Å². The molecule has 2 unspecified atom stereocenters. The standard InChI is InChI=1S/C21H30N4O/c1-4-23(5-2)20(18-10-7-6-8-11-18)16-22-21(26)25-15-14-24-13-9-12-19(24)17(25)3/h6-13,17,20H,4-5,14-16H2,1-3H3,(H,22,26). The molecule has 2 amide bonds. The Kier molecular flexibility index (Phi) is 5.99. The van der Waals surface area contributed by atoms with Crippen LogP contribution in [0.2, 0.25) is 0 Å². The van der Waals surface area contributed by atoms with Gasteiger partial charge in [0, 0.05) is 31.5 Å². The zero-order chi connectivity index (χ0) is 18.5. The van der Waals surface area contributed by atoms with Gasteiger partial charge in [-0.2, -0.15) is 0 Å². The molecule has 26 heavy (non-hydrogen) atoms. The molecule has 1 aromatic heterocycles. The Morgan fingerprint density at radius 3 is 2.58 bits per heavy atom. The fourth-order valence-electron chi connectivity index (χ4n) is 3.94. The Balaban J connectivity index is 1.68. The number of aromatic nitrogens is 1. The molecule has 2 heterocycles. The van der Waals surface area contributed by atoms with Gasteiger partial charge in [-0.15, -0.1) is 0 Å². The Bertz CT molecular complexity index is 708. The van der Waals surface area contributed by atoms with Crippen LogP contribution < -0.4 is 5.32 Å². The van der Waals surface area contributed by atoms with E-state index >= 15 is 0 Å². The van der Waals surface area contributed by atoms with Gasteiger partial charge in [0.1, 0.15) is 0 Å². The van der Waals surface area contributed by atoms with Gasteiger partial charge < -0.3 is 14.8 Å². The minimum atomic E-state index is 0.0260. The SMILES string of the molecule is CCN(CC)C(CNC(=O)N1CCn2cccc2C1C)c1ccccc1. The zero-order valence-electron chi connectivity index (χ0n) is 16.1. The minimum absolute atomic E-state index is 0.0260. The largest absolute Gasteiger partial charge is 0.348 e. The molecule has 0 aliphatic carbocycles. The van der Waals surface area contributed by atoms with E-state index in [-0.39, 0.29) is 18.1 Å². The summed E-state index contributed by atoms with van der Waals surface area (Å²) in [7, 11) is 0. The van der Waals surface area contributed by atoms with Crippen LogP contribution in [-0.4, -0.2) is 46.6 Å². The van der Waals surface area contributed by atoms with Crippen LogP contribution in [0, 0.1) is 0 Å². The van der Waals surface area contributed by atoms with Crippen LogP contribution >= 0.6 is 0 Å². The highest BCUT2D eigenvalue weighted by molar-refractivity contribution is 5.75. The molecule has 5 heteroatoms. The number of rotatable bonds is 6. The molecule has 2 atom stereocenters. The lowest BCUT2D eigenvalue weighted by molar-refractivity contribution is 0.155. The number of likely N-dealkylation sites (N-methyl/N-ethyl adjacent to an activating group) is 1. The van der Waals surface area contributed by atoms with Crippen molar-refractivity contribution in [2.45, 2.75) is 39.4 Å². The molecule has 1 aliphatic rings. The summed E-state index contributed by atoms with van der Waals surface area (Å²) in [6.45, 7) is 10.6. The summed E-state index contributed by atoms with van der Waals surface area (Å²) in [6, 6.07) is 14.9. The van der Waals surface area contributed by atoms with E-state index in [1.807, 2.05) is 11.0 Å². The third kappa shape index (κ3) is 3.78. The Morgan fingerprint density at radius 1 is 1.15 bits per heavy atom. The van der Waals surface area contributed by atoms with E-state index < -0.39 is 0 Å². The van der Waals surface area contributed by atoms with E-state index in [2.05, 4.69) is 78.2 Å². The predicted molar refractivity (Wildman–Crippen MR) is 105 cm³/mol. The molecule has 0 radical (unpaired) electrons. The van der Waals surface area contributed by atoms with E-state index in [1.54, 1.807) is 0 Å². The first-order chi connectivity index (χ1) is 12.7. The summed E-state index contributed by atoms with van der Waals surface area (Å²) >= 11 is 0. The summed E-state index contributed by atoms with van der Waals surface area (Å²) in [5.74, 6) is 0. The number of urea groups is 1. The number of amides is 2. The maximum Gasteiger partial charge on any atom is 0.318 e. The van der Waals surface area contributed by atoms with Gasteiger partial charge in [0.05, 0.1) is 12.1 Å². The highest BCUT2D eigenvalue weighted by atomic mass is 16.2. The van der Waals surface area contributed by atoms with Crippen LogP contribution in [0.4, 0.5) is 4.79 Å². The number of nitrogens with zero attached hydrogens (tertiary/aromatic N) is 3. The lowest BCUT2D eigenvalue weighted by Crippen LogP contribution is -2.48. The molecule has 0 bridgehead atoms. The van der Waals surface area contributed by atoms with Gasteiger partial charge in [0.15, 0.2) is 0 Å². The maximum absolute atomic E-state index is 12.9. The molecule has 1 aromatic carbocycles. The topological polar surface area (TPSA) is 40.5 Å². The van der Waals surface area contributed by atoms with Crippen molar-refractivity contribution >= 4 is 6.03 Å². The molecule has 0 saturated carbocycles. The zero-order valence-corrected chi connectivity index (χ0v) is 16.1. The number of fused-ring (bicyclic) bond motifs is 1. The van der Waals surface area contributed by atoms with Gasteiger partial charge in [0.25, 0.3) is 0 Å². The smallest absolute Gasteiger partial charge is 0.318 e. The van der Waals surface area contributed by atoms with Crippen LogP contribution in [-0.2, 0) is 6.54 Å². The third-order valence-electron chi connectivity index (χ3n) is 5.49. The first-order valence-corrected chi connectivity index (χ1v) is 9.64. The number of hydrogen-bond donors (Lipinski definition) is 1. The van der Waals surface area contributed by atoms with Crippen molar-refractivity contribution in [3.63, 3.8) is 0 Å². The number of hydrogen-bond acceptors (Lipinski definition) is 2. The molecule has 5 nitrogen and oxygen atoms in total. The van der Waals surface area contributed by atoms with Crippen molar-refractivity contribution < 1.29 is 4.79 Å². The van der Waals surface area contributed by atoms with E-state index in [0.717, 1.165) is 26.2 Å². The molecule has 0 fully saturated rings. The predicted octanol–water partition coefficient (Wildman–Crippen LogP) is 3.66. The third-order valence-corrected chi connectivity index (χ3v) is 5.49. The van der Waals surface area contributed by atoms with Gasteiger partial charge >= 0.3 is 6.03 Å². The van der Waals surface area contributed by atoms with Crippen LogP contribution in [0.15, 0.2) is 48.7 Å². The van der Waals surface area contributed by atoms with E-state index in [1.165, 1.54) is 11.3 Å². The van der Waals surface area contributed by atoms with Gasteiger partial charge in [-0.25, -0.2) is 4.79 Å². The fourth-order valence-corrected chi connectivity index (χ4v) is 3.94. The van der Waals surface area contributed by atoms with E-state index in [4.69, 9.17) is 0 Å². The summed E-state index contributed by atoms with van der Waals surface area (Å²) in [4.78, 5) is 17.2. The van der Waals surface area contributed by atoms with E-state index in [9.17, 15) is 4.79 Å². The van der Waals surface area contributed by atoms with Gasteiger partial charge in [0.2, 0.25) is 0 Å². The highest BCUT2D eigenvalue weighted by Crippen LogP contribution is 2.25. The molecule has 1 aliphatic heterocycles. The average Bonchev–Trinajstić information content (AvgIpc) is 3.15. The number of nitrogens with one attached hydrogen (secondary N) is 1. The lowest BCUT2D eigenvalue weighted by Gasteiger charge is -2.36. The van der Waals surface area contributed by atoms with Crippen molar-refractivity contribution in [1.82, 2.24) is 19.7 Å². The molecule has 0 spiro atoms. The van der Waals surface area contributed by atoms with Crippen molar-refractivity contribution in [2.24, 2.45) is 0 Å². The first-order valence-electron chi connectivity index (χ1n) is 9.64. The molecule has 2 aromatic rings. The van der Waals surface area contributed by atoms with E-state index in [0.29, 0.717) is 6.54 Å². The lowest BCUT2D eigenvalue weighted by atomic mass is 10.1. The Morgan fingerprint density at radius 2 is 1.88 bits per heavy atom. The van der Waals surface area contributed by atoms with Crippen molar-refractivity contribution in [2.75, 3.05) is 26.2 Å². The Hall–Kier alpha value is -2.27. The summed E-state index contributed by atoms with van der Waals surface area (Å²) in [6.07, 6.45) is 2.09. The first kappa shape index (κ1) is 18.5. The van der Waals surface area contributed by atoms with Crippen LogP contribution in [0.5, 0.6) is 0 Å². The second-order valence-electron chi connectivity index (χ2n) is 6.83. The molecular weight excluding hydrogens is 324 g/mol. The van der Waals surface area contributed by atoms with Gasteiger partial charge in [-0.05, 0) is 37.7 Å². The van der Waals surface area contributed by atoms with Gasteiger partial charge in [-0.3, -0.25) is 4.90 Å². The average molecular weight is 354 g/mol. The van der Waals surface area contributed by atoms with Crippen LogP contribution in [0.3, 0.4) is 0 Å². The minimum Gasteiger partial charge on any atom is -0.348 e. The molecule has 1 N–H and O–H groups in total. The maximum atomic E-state index is 12.9. The number of carbonyl (C=O) groups is 1. The highest BCUT2D eigenvalue weighted by Gasteiger charge is 2.28. The van der Waals surface area contributed by atoms with Crippen molar-refractivity contribution in [1.29, 1.82) is 0 Å². The number of carbonyl (C=O) groups excluding carboxylic acids is 1. The summed E-state index contributed by atoms with van der Waals surface area (Å²) in [5, 5.41) is 3.19. The second-order valence-corrected chi connectivity index (χ2v) is 6.83. The van der Waals surface area contributed by atoms with Crippen molar-refractivity contribution in [3.8, 4) is 0 Å². The number of benzene rings is 1. The van der Waals surface area contributed by atoms with Crippen LogP contribution in [0.25, 0.3) is 0 Å². The summed E-state index contributed by atoms with van der Waals surface area (Å²) < 4.78 is 2.23. The quantitative estimate of drug-likeness (QED) is 0.860.